The van der Waals surface area contributed by atoms with Crippen LogP contribution < -0.4 is 5.63 Å². The lowest BCUT2D eigenvalue weighted by atomic mass is 9.83. The van der Waals surface area contributed by atoms with E-state index < -0.39 is 25.7 Å². The Labute approximate surface area is 183 Å². The Morgan fingerprint density at radius 3 is 2.90 bits per heavy atom. The van der Waals surface area contributed by atoms with Crippen LogP contribution in [0.3, 0.4) is 0 Å². The molecule has 168 valence electrons. The van der Waals surface area contributed by atoms with Crippen LogP contribution in [-0.2, 0) is 23.5 Å². The van der Waals surface area contributed by atoms with E-state index in [-0.39, 0.29) is 12.2 Å². The predicted octanol–water partition coefficient (Wildman–Crippen LogP) is 4.82. The van der Waals surface area contributed by atoms with Gasteiger partial charge in [-0.1, -0.05) is 19.6 Å². The van der Waals surface area contributed by atoms with E-state index >= 15 is 0 Å². The van der Waals surface area contributed by atoms with Gasteiger partial charge in [0.25, 0.3) is 6.43 Å². The van der Waals surface area contributed by atoms with E-state index in [0.717, 1.165) is 16.5 Å². The highest BCUT2D eigenvalue weighted by Gasteiger charge is 2.46. The van der Waals surface area contributed by atoms with E-state index in [1.165, 1.54) is 11.3 Å². The topological polar surface area (TPSA) is 77.5 Å². The van der Waals surface area contributed by atoms with Gasteiger partial charge in [-0.15, -0.1) is 11.3 Å². The first-order valence-electron chi connectivity index (χ1n) is 10.3. The minimum atomic E-state index is -3.02. The number of hydrogen-bond donors (Lipinski definition) is 1. The van der Waals surface area contributed by atoms with Crippen LogP contribution in [0.25, 0.3) is 20.5 Å². The van der Waals surface area contributed by atoms with Crippen molar-refractivity contribution in [3.8, 4) is 10.4 Å². The number of thiophene rings is 1. The fraction of sp³-hybridized carbons (Fsp3) is 0.524. The molecular weight excluding hydrogens is 442 g/mol. The van der Waals surface area contributed by atoms with Crippen molar-refractivity contribution in [1.82, 2.24) is 9.78 Å². The Hall–Kier alpha value is -1.88. The summed E-state index contributed by atoms with van der Waals surface area (Å²) in [6, 6.07) is 2.88. The van der Waals surface area contributed by atoms with Crippen molar-refractivity contribution in [3.05, 3.63) is 40.2 Å². The Bertz CT molecular complexity index is 1150. The van der Waals surface area contributed by atoms with Gasteiger partial charge in [0.1, 0.15) is 17.2 Å². The number of halogens is 2. The third kappa shape index (κ3) is 4.39. The summed E-state index contributed by atoms with van der Waals surface area (Å²) in [4.78, 5) is 13.3. The summed E-state index contributed by atoms with van der Waals surface area (Å²) in [5, 5.41) is 15.4. The highest BCUT2D eigenvalue weighted by molar-refractivity contribution is 7.22. The number of rotatable bonds is 7. The highest BCUT2D eigenvalue weighted by Crippen LogP contribution is 2.43. The SMILES string of the molecule is C[Si](C)(C)CCOCn1cc(-c2cc3c4c(oc(=O)c3s2)C(O)(C(F)F)CCC4)cn1. The van der Waals surface area contributed by atoms with E-state index in [1.54, 1.807) is 16.9 Å². The molecule has 0 radical (unpaired) electrons. The van der Waals surface area contributed by atoms with Gasteiger partial charge in [0.15, 0.2) is 5.60 Å². The van der Waals surface area contributed by atoms with Crippen molar-refractivity contribution in [2.24, 2.45) is 0 Å². The molecule has 0 spiro atoms. The number of aryl methyl sites for hydroxylation is 1. The van der Waals surface area contributed by atoms with Crippen molar-refractivity contribution in [2.75, 3.05) is 6.61 Å². The fourth-order valence-electron chi connectivity index (χ4n) is 3.78. The zero-order valence-corrected chi connectivity index (χ0v) is 19.6. The quantitative estimate of drug-likeness (QED) is 0.397. The van der Waals surface area contributed by atoms with Crippen molar-refractivity contribution >= 4 is 29.5 Å². The molecule has 0 saturated carbocycles. The monoisotopic (exact) mass is 468 g/mol. The van der Waals surface area contributed by atoms with Gasteiger partial charge < -0.3 is 14.3 Å². The van der Waals surface area contributed by atoms with Gasteiger partial charge in [0, 0.05) is 42.3 Å². The second kappa shape index (κ2) is 8.23. The van der Waals surface area contributed by atoms with Gasteiger partial charge >= 0.3 is 5.63 Å². The summed E-state index contributed by atoms with van der Waals surface area (Å²) in [5.41, 5.74) is -1.81. The average Bonchev–Trinajstić information content (AvgIpc) is 3.33. The van der Waals surface area contributed by atoms with Gasteiger partial charge in [0.2, 0.25) is 0 Å². The largest absolute Gasteiger partial charge is 0.423 e. The first-order valence-corrected chi connectivity index (χ1v) is 14.8. The molecule has 0 fully saturated rings. The summed E-state index contributed by atoms with van der Waals surface area (Å²) >= 11 is 1.24. The zero-order valence-electron chi connectivity index (χ0n) is 17.8. The molecule has 31 heavy (non-hydrogen) atoms. The minimum Gasteiger partial charge on any atom is -0.423 e. The lowest BCUT2D eigenvalue weighted by Gasteiger charge is -2.31. The number of hydrogen-bond acceptors (Lipinski definition) is 6. The van der Waals surface area contributed by atoms with Crippen LogP contribution in [0.2, 0.25) is 25.7 Å². The first-order chi connectivity index (χ1) is 14.6. The van der Waals surface area contributed by atoms with Crippen molar-refractivity contribution in [3.63, 3.8) is 0 Å². The van der Waals surface area contributed by atoms with E-state index in [1.807, 2.05) is 6.20 Å². The molecule has 0 amide bonds. The molecule has 3 aromatic rings. The van der Waals surface area contributed by atoms with E-state index in [9.17, 15) is 18.7 Å². The van der Waals surface area contributed by atoms with Crippen LogP contribution in [0.4, 0.5) is 8.78 Å². The van der Waals surface area contributed by atoms with Crippen molar-refractivity contribution < 1.29 is 23.0 Å². The van der Waals surface area contributed by atoms with E-state index in [2.05, 4.69) is 24.7 Å². The molecule has 1 aliphatic carbocycles. The standard InChI is InChI=1S/C21H26F2N2O4SSi/c1-31(2,3)8-7-28-12-25-11-13(10-24-25)16-9-15-14-5-4-6-21(27,20(22)23)18(14)29-19(26)17(15)30-16/h9-11,20,27H,4-8,12H2,1-3H3. The molecular formula is C21H26F2N2O4SSi. The molecule has 0 bridgehead atoms. The maximum atomic E-state index is 13.6. The molecule has 1 N–H and O–H groups in total. The number of aromatic nitrogens is 2. The summed E-state index contributed by atoms with van der Waals surface area (Å²) in [7, 11) is -1.15. The Balaban J connectivity index is 1.62. The lowest BCUT2D eigenvalue weighted by Crippen LogP contribution is -2.38. The molecule has 10 heteroatoms. The minimum absolute atomic E-state index is 0.131. The normalized spacial score (nSPS) is 19.3. The van der Waals surface area contributed by atoms with E-state index in [4.69, 9.17) is 9.15 Å². The Morgan fingerprint density at radius 1 is 1.42 bits per heavy atom. The third-order valence-corrected chi connectivity index (χ3v) is 8.46. The van der Waals surface area contributed by atoms with Gasteiger partial charge in [0.05, 0.1) is 6.20 Å². The number of alkyl halides is 2. The van der Waals surface area contributed by atoms with Crippen LogP contribution in [0, 0.1) is 0 Å². The average molecular weight is 469 g/mol. The summed E-state index contributed by atoms with van der Waals surface area (Å²) < 4.78 is 40.1. The molecule has 3 aromatic heterocycles. The van der Waals surface area contributed by atoms with Crippen LogP contribution in [0.5, 0.6) is 0 Å². The van der Waals surface area contributed by atoms with Crippen LogP contribution in [-0.4, -0.2) is 36.0 Å². The van der Waals surface area contributed by atoms with Gasteiger partial charge in [-0.05, 0) is 31.4 Å². The van der Waals surface area contributed by atoms with Crippen LogP contribution in [0.1, 0.15) is 24.2 Å². The molecule has 0 aromatic carbocycles. The molecule has 0 saturated heterocycles. The molecule has 1 unspecified atom stereocenters. The van der Waals surface area contributed by atoms with Gasteiger partial charge in [-0.25, -0.2) is 18.3 Å². The number of ether oxygens (including phenoxy) is 1. The maximum Gasteiger partial charge on any atom is 0.354 e. The molecule has 4 rings (SSSR count). The number of aliphatic hydroxyl groups is 1. The highest BCUT2D eigenvalue weighted by atomic mass is 32.1. The zero-order chi connectivity index (χ0) is 22.4. The molecule has 1 atom stereocenters. The molecule has 6 nitrogen and oxygen atoms in total. The predicted molar refractivity (Wildman–Crippen MR) is 119 cm³/mol. The molecule has 3 heterocycles. The first kappa shape index (κ1) is 22.3. The van der Waals surface area contributed by atoms with Gasteiger partial charge in [-0.3, -0.25) is 0 Å². The van der Waals surface area contributed by atoms with Crippen LogP contribution >= 0.6 is 11.3 Å². The van der Waals surface area contributed by atoms with Crippen molar-refractivity contribution in [1.29, 1.82) is 0 Å². The second-order valence-corrected chi connectivity index (χ2v) is 15.9. The van der Waals surface area contributed by atoms with Crippen molar-refractivity contribution in [2.45, 2.75) is 63.7 Å². The van der Waals surface area contributed by atoms with E-state index in [0.29, 0.717) is 41.8 Å². The Kier molecular flexibility index (Phi) is 5.93. The summed E-state index contributed by atoms with van der Waals surface area (Å²) in [6.45, 7) is 7.91. The number of fused-ring (bicyclic) bond motifs is 3. The smallest absolute Gasteiger partial charge is 0.354 e. The maximum absolute atomic E-state index is 13.6. The summed E-state index contributed by atoms with van der Waals surface area (Å²) in [5.74, 6) is -0.290. The van der Waals surface area contributed by atoms with Crippen LogP contribution in [0.15, 0.2) is 27.7 Å². The number of nitrogens with zero attached hydrogens (tertiary/aromatic N) is 2. The lowest BCUT2D eigenvalue weighted by molar-refractivity contribution is -0.125. The molecule has 0 aliphatic heterocycles. The third-order valence-electron chi connectivity index (χ3n) is 5.59. The van der Waals surface area contributed by atoms with Gasteiger partial charge in [-0.2, -0.15) is 5.10 Å². The second-order valence-electron chi connectivity index (χ2n) is 9.25. The molecule has 1 aliphatic rings. The summed E-state index contributed by atoms with van der Waals surface area (Å²) in [6.07, 6.45) is 1.25. The Morgan fingerprint density at radius 2 is 2.19 bits per heavy atom. The fourth-order valence-corrected chi connectivity index (χ4v) is 5.58.